The molecule has 220 valence electrons. The van der Waals surface area contributed by atoms with Crippen molar-refractivity contribution in [3.05, 3.63) is 152 Å². The molecule has 0 unspecified atom stereocenters. The van der Waals surface area contributed by atoms with E-state index < -0.39 is 0 Å². The number of fused-ring (bicyclic) bond motifs is 4. The summed E-state index contributed by atoms with van der Waals surface area (Å²) in [5, 5.41) is 0.936. The fourth-order valence-corrected chi connectivity index (χ4v) is 5.95. The van der Waals surface area contributed by atoms with Gasteiger partial charge in [0.1, 0.15) is 11.1 Å². The molecule has 0 aliphatic rings. The third kappa shape index (κ3) is 4.98. The minimum atomic E-state index is 0.535. The smallest absolute Gasteiger partial charge is 0.246 e. The minimum Gasteiger partial charge on any atom is -0.436 e. The van der Waals surface area contributed by atoms with Crippen molar-refractivity contribution < 1.29 is 4.42 Å². The first-order valence-corrected chi connectivity index (χ1v) is 15.4. The average molecular weight is 604 g/mol. The highest BCUT2D eigenvalue weighted by Crippen LogP contribution is 2.33. The van der Waals surface area contributed by atoms with E-state index in [-0.39, 0.29) is 0 Å². The minimum absolute atomic E-state index is 0.535. The first-order chi connectivity index (χ1) is 23.2. The Bertz CT molecular complexity index is 2560. The highest BCUT2D eigenvalue weighted by Gasteiger charge is 2.15. The molecule has 0 atom stereocenters. The molecule has 0 N–H and O–H groups in total. The number of hydrogen-bond donors (Lipinski definition) is 0. The zero-order valence-corrected chi connectivity index (χ0v) is 25.1. The van der Waals surface area contributed by atoms with E-state index in [1.165, 1.54) is 5.56 Å². The van der Waals surface area contributed by atoms with Crippen LogP contribution in [0.4, 0.5) is 0 Å². The van der Waals surface area contributed by atoms with Gasteiger partial charge < -0.3 is 4.42 Å². The van der Waals surface area contributed by atoms with E-state index in [2.05, 4.69) is 60.7 Å². The van der Waals surface area contributed by atoms with Crippen molar-refractivity contribution >= 4 is 33.2 Å². The van der Waals surface area contributed by atoms with Crippen molar-refractivity contribution in [1.29, 1.82) is 0 Å². The molecule has 0 fully saturated rings. The summed E-state index contributed by atoms with van der Waals surface area (Å²) < 4.78 is 6.20. The molecule has 47 heavy (non-hydrogen) atoms. The van der Waals surface area contributed by atoms with Gasteiger partial charge in [0, 0.05) is 22.1 Å². The highest BCUT2D eigenvalue weighted by atomic mass is 16.3. The molecule has 0 aliphatic heterocycles. The van der Waals surface area contributed by atoms with Crippen molar-refractivity contribution in [2.24, 2.45) is 0 Å². The third-order valence-electron chi connectivity index (χ3n) is 8.35. The monoisotopic (exact) mass is 603 g/mol. The summed E-state index contributed by atoms with van der Waals surface area (Å²) in [6, 6.07) is 51.0. The quantitative estimate of drug-likeness (QED) is 0.195. The molecule has 0 amide bonds. The Morgan fingerprint density at radius 3 is 1.55 bits per heavy atom. The lowest BCUT2D eigenvalue weighted by Gasteiger charge is -2.10. The molecule has 9 rings (SSSR count). The van der Waals surface area contributed by atoms with Gasteiger partial charge in [-0.1, -0.05) is 121 Å². The van der Waals surface area contributed by atoms with Crippen LogP contribution < -0.4 is 0 Å². The van der Waals surface area contributed by atoms with Gasteiger partial charge >= 0.3 is 0 Å². The molecule has 9 aromatic rings. The Balaban J connectivity index is 1.12. The first-order valence-electron chi connectivity index (χ1n) is 15.4. The molecular weight excluding hydrogens is 578 g/mol. The highest BCUT2D eigenvalue weighted by molar-refractivity contribution is 6.04. The molecule has 0 saturated heterocycles. The summed E-state index contributed by atoms with van der Waals surface area (Å²) in [7, 11) is 0. The van der Waals surface area contributed by atoms with Crippen LogP contribution in [-0.2, 0) is 0 Å². The lowest BCUT2D eigenvalue weighted by molar-refractivity contribution is 0.655. The fraction of sp³-hybridized carbons (Fsp3) is 0. The van der Waals surface area contributed by atoms with Crippen molar-refractivity contribution in [1.82, 2.24) is 24.9 Å². The Hall–Kier alpha value is -6.53. The number of nitrogens with zero attached hydrogens (tertiary/aromatic N) is 5. The second kappa shape index (κ2) is 11.1. The van der Waals surface area contributed by atoms with Gasteiger partial charge in [-0.05, 0) is 52.6 Å². The number of para-hydroxylation sites is 2. The normalized spacial score (nSPS) is 11.4. The van der Waals surface area contributed by atoms with Crippen LogP contribution in [0.2, 0.25) is 0 Å². The van der Waals surface area contributed by atoms with Crippen LogP contribution in [0, 0.1) is 0 Å². The molecule has 3 aromatic heterocycles. The first kappa shape index (κ1) is 26.8. The van der Waals surface area contributed by atoms with E-state index in [4.69, 9.17) is 29.3 Å². The maximum Gasteiger partial charge on any atom is 0.246 e. The van der Waals surface area contributed by atoms with Gasteiger partial charge in [-0.25, -0.2) is 24.9 Å². The lowest BCUT2D eigenvalue weighted by atomic mass is 10.0. The van der Waals surface area contributed by atoms with Crippen LogP contribution in [-0.4, -0.2) is 24.9 Å². The number of furan rings is 1. The third-order valence-corrected chi connectivity index (χ3v) is 8.35. The van der Waals surface area contributed by atoms with E-state index >= 15 is 0 Å². The zero-order chi connectivity index (χ0) is 31.2. The molecule has 0 spiro atoms. The van der Waals surface area contributed by atoms with E-state index in [1.54, 1.807) is 0 Å². The molecule has 0 radical (unpaired) electrons. The van der Waals surface area contributed by atoms with E-state index in [0.29, 0.717) is 23.2 Å². The average Bonchev–Trinajstić information content (AvgIpc) is 3.51. The van der Waals surface area contributed by atoms with Crippen LogP contribution in [0.25, 0.3) is 89.7 Å². The van der Waals surface area contributed by atoms with Crippen LogP contribution in [0.15, 0.2) is 156 Å². The van der Waals surface area contributed by atoms with Gasteiger partial charge in [0.15, 0.2) is 17.5 Å². The van der Waals surface area contributed by atoms with Crippen molar-refractivity contribution in [3.8, 4) is 56.4 Å². The fourth-order valence-electron chi connectivity index (χ4n) is 5.95. The molecule has 3 heterocycles. The topological polar surface area (TPSA) is 77.6 Å². The van der Waals surface area contributed by atoms with Crippen LogP contribution in [0.1, 0.15) is 0 Å². The summed E-state index contributed by atoms with van der Waals surface area (Å²) in [4.78, 5) is 24.4. The Labute approximate surface area is 270 Å². The summed E-state index contributed by atoms with van der Waals surface area (Å²) in [5.41, 5.74) is 10.8. The SMILES string of the molecule is c1ccc(-c2ccc(-c3nc(-c4ccccc4)nc(-c4cccc(-c5ccc6c(c5)oc5nc7ccccc7nc56)c4)n3)cc2)cc1. The molecule has 0 aliphatic carbocycles. The largest absolute Gasteiger partial charge is 0.436 e. The number of hydrogen-bond acceptors (Lipinski definition) is 6. The van der Waals surface area contributed by atoms with Crippen LogP contribution in [0.3, 0.4) is 0 Å². The number of rotatable bonds is 5. The number of benzene rings is 6. The van der Waals surface area contributed by atoms with E-state index in [0.717, 1.165) is 60.9 Å². The van der Waals surface area contributed by atoms with Gasteiger partial charge in [-0.2, -0.15) is 0 Å². The summed E-state index contributed by atoms with van der Waals surface area (Å²) in [6.07, 6.45) is 0. The molecule has 6 heteroatoms. The number of aromatic nitrogens is 5. The predicted octanol–water partition coefficient (Wildman–Crippen LogP) is 10.0. The molecule has 6 aromatic carbocycles. The van der Waals surface area contributed by atoms with Crippen LogP contribution >= 0.6 is 0 Å². The Kier molecular flexibility index (Phi) is 6.35. The maximum absolute atomic E-state index is 6.20. The Morgan fingerprint density at radius 1 is 0.340 bits per heavy atom. The van der Waals surface area contributed by atoms with E-state index in [1.807, 2.05) is 91.0 Å². The Morgan fingerprint density at radius 2 is 0.830 bits per heavy atom. The molecule has 0 bridgehead atoms. The standard InChI is InChI=1S/C41H25N5O/c1-3-10-26(11-4-1)27-18-20-29(21-19-27)39-44-38(28-12-5-2-6-13-28)45-40(46-39)32-15-9-14-30(24-32)31-22-23-33-36(25-31)47-41-37(33)42-34-16-7-8-17-35(34)43-41/h1-25H. The summed E-state index contributed by atoms with van der Waals surface area (Å²) >= 11 is 0. The molecular formula is C41H25N5O. The van der Waals surface area contributed by atoms with Crippen molar-refractivity contribution in [2.75, 3.05) is 0 Å². The van der Waals surface area contributed by atoms with Gasteiger partial charge in [0.05, 0.1) is 11.0 Å². The van der Waals surface area contributed by atoms with Gasteiger partial charge in [0.2, 0.25) is 5.71 Å². The van der Waals surface area contributed by atoms with Gasteiger partial charge in [-0.15, -0.1) is 0 Å². The summed E-state index contributed by atoms with van der Waals surface area (Å²) in [5.74, 6) is 1.85. The van der Waals surface area contributed by atoms with Crippen molar-refractivity contribution in [2.45, 2.75) is 0 Å². The second-order valence-corrected chi connectivity index (χ2v) is 11.4. The summed E-state index contributed by atoms with van der Waals surface area (Å²) in [6.45, 7) is 0. The van der Waals surface area contributed by atoms with Crippen LogP contribution in [0.5, 0.6) is 0 Å². The van der Waals surface area contributed by atoms with Gasteiger partial charge in [-0.3, -0.25) is 0 Å². The lowest BCUT2D eigenvalue weighted by Crippen LogP contribution is -2.00. The predicted molar refractivity (Wildman–Crippen MR) is 187 cm³/mol. The van der Waals surface area contributed by atoms with Crippen molar-refractivity contribution in [3.63, 3.8) is 0 Å². The van der Waals surface area contributed by atoms with Gasteiger partial charge in [0.25, 0.3) is 0 Å². The molecule has 6 nitrogen and oxygen atoms in total. The molecule has 0 saturated carbocycles. The second-order valence-electron chi connectivity index (χ2n) is 11.4. The maximum atomic E-state index is 6.20. The zero-order valence-electron chi connectivity index (χ0n) is 25.1. The van der Waals surface area contributed by atoms with E-state index in [9.17, 15) is 0 Å².